The summed E-state index contributed by atoms with van der Waals surface area (Å²) in [6.45, 7) is 6.12. The Bertz CT molecular complexity index is 727. The van der Waals surface area contributed by atoms with Gasteiger partial charge in [-0.05, 0) is 39.0 Å². The summed E-state index contributed by atoms with van der Waals surface area (Å²) in [5.74, 6) is -0.293. The average Bonchev–Trinajstić information content (AvgIpc) is 2.53. The third-order valence-electron chi connectivity index (χ3n) is 3.68. The molecule has 0 radical (unpaired) electrons. The summed E-state index contributed by atoms with van der Waals surface area (Å²) < 4.78 is 0. The van der Waals surface area contributed by atoms with Gasteiger partial charge in [0.1, 0.15) is 5.69 Å². The summed E-state index contributed by atoms with van der Waals surface area (Å²) in [6, 6.07) is 14.2. The number of amides is 1. The molecule has 126 valence electrons. The quantitative estimate of drug-likeness (QED) is 0.647. The van der Waals surface area contributed by atoms with Crippen LogP contribution in [0.3, 0.4) is 0 Å². The smallest absolute Gasteiger partial charge is 0.292 e. The first-order chi connectivity index (χ1) is 11.4. The highest BCUT2D eigenvalue weighted by atomic mass is 16.6. The Kier molecular flexibility index (Phi) is 5.52. The number of rotatable bonds is 6. The molecule has 0 fully saturated rings. The number of nitrogens with one attached hydrogen (secondary N) is 1. The van der Waals surface area contributed by atoms with Gasteiger partial charge < -0.3 is 10.2 Å². The molecule has 2 aromatic rings. The Morgan fingerprint density at radius 2 is 1.79 bits per heavy atom. The molecule has 1 N–H and O–H groups in total. The van der Waals surface area contributed by atoms with Crippen molar-refractivity contribution in [1.29, 1.82) is 0 Å². The molecule has 24 heavy (non-hydrogen) atoms. The van der Waals surface area contributed by atoms with Crippen LogP contribution >= 0.6 is 0 Å². The number of anilines is 2. The minimum atomic E-state index is -0.504. The van der Waals surface area contributed by atoms with E-state index in [1.165, 1.54) is 12.1 Å². The Labute approximate surface area is 141 Å². The highest BCUT2D eigenvalue weighted by molar-refractivity contribution is 5.96. The second kappa shape index (κ2) is 7.59. The molecule has 6 heteroatoms. The van der Waals surface area contributed by atoms with Gasteiger partial charge in [0.05, 0.1) is 11.5 Å². The minimum Gasteiger partial charge on any atom is -0.360 e. The number of nitrogens with zero attached hydrogens (tertiary/aromatic N) is 2. The third kappa shape index (κ3) is 4.32. The van der Waals surface area contributed by atoms with Crippen molar-refractivity contribution < 1.29 is 9.72 Å². The van der Waals surface area contributed by atoms with E-state index in [9.17, 15) is 14.9 Å². The average molecular weight is 327 g/mol. The molecule has 0 saturated carbocycles. The van der Waals surface area contributed by atoms with Crippen molar-refractivity contribution >= 4 is 23.0 Å². The molecule has 2 rings (SSSR count). The van der Waals surface area contributed by atoms with Crippen molar-refractivity contribution in [2.45, 2.75) is 26.8 Å². The van der Waals surface area contributed by atoms with Crippen LogP contribution in [0.4, 0.5) is 17.1 Å². The van der Waals surface area contributed by atoms with Gasteiger partial charge in [-0.1, -0.05) is 29.8 Å². The lowest BCUT2D eigenvalue weighted by Crippen LogP contribution is -2.38. The van der Waals surface area contributed by atoms with Crippen LogP contribution in [-0.4, -0.2) is 23.4 Å². The highest BCUT2D eigenvalue weighted by Gasteiger charge is 2.18. The number of benzene rings is 2. The molecular formula is C18H21N3O3. The van der Waals surface area contributed by atoms with Gasteiger partial charge in [-0.15, -0.1) is 0 Å². The molecule has 1 amide bonds. The van der Waals surface area contributed by atoms with Crippen LogP contribution in [0.2, 0.25) is 0 Å². The van der Waals surface area contributed by atoms with E-state index >= 15 is 0 Å². The molecule has 0 spiro atoms. The lowest BCUT2D eigenvalue weighted by molar-refractivity contribution is -0.383. The fourth-order valence-corrected chi connectivity index (χ4v) is 2.39. The molecule has 0 heterocycles. The zero-order valence-corrected chi connectivity index (χ0v) is 14.0. The standard InChI is InChI=1S/C18H21N3O3/c1-13(2)20(15-10-8-14(3)9-11-15)12-18(22)19-16-6-4-5-7-17(16)21(23)24/h4-11,13H,12H2,1-3H3,(H,19,22). The van der Waals surface area contributed by atoms with Gasteiger partial charge in [0, 0.05) is 17.8 Å². The number of para-hydroxylation sites is 2. The zero-order chi connectivity index (χ0) is 17.7. The van der Waals surface area contributed by atoms with Gasteiger partial charge in [0.15, 0.2) is 0 Å². The second-order valence-corrected chi connectivity index (χ2v) is 5.88. The maximum atomic E-state index is 12.4. The van der Waals surface area contributed by atoms with Crippen molar-refractivity contribution in [1.82, 2.24) is 0 Å². The molecule has 0 aliphatic rings. The molecule has 0 atom stereocenters. The SMILES string of the molecule is Cc1ccc(N(CC(=O)Nc2ccccc2[N+](=O)[O-])C(C)C)cc1. The molecule has 0 aromatic heterocycles. The Morgan fingerprint density at radius 1 is 1.17 bits per heavy atom. The van der Waals surface area contributed by atoms with Crippen LogP contribution in [0, 0.1) is 17.0 Å². The summed E-state index contributed by atoms with van der Waals surface area (Å²) in [5, 5.41) is 13.7. The monoisotopic (exact) mass is 327 g/mol. The Balaban J connectivity index is 2.14. The van der Waals surface area contributed by atoms with Crippen LogP contribution in [-0.2, 0) is 4.79 Å². The number of hydrogen-bond acceptors (Lipinski definition) is 4. The van der Waals surface area contributed by atoms with E-state index in [-0.39, 0.29) is 29.9 Å². The van der Waals surface area contributed by atoms with Crippen LogP contribution in [0.5, 0.6) is 0 Å². The van der Waals surface area contributed by atoms with E-state index < -0.39 is 4.92 Å². The first-order valence-electron chi connectivity index (χ1n) is 7.75. The number of carbonyl (C=O) groups excluding carboxylic acids is 1. The molecule has 0 bridgehead atoms. The molecular weight excluding hydrogens is 306 g/mol. The van der Waals surface area contributed by atoms with E-state index in [4.69, 9.17) is 0 Å². The predicted molar refractivity (Wildman–Crippen MR) is 95.4 cm³/mol. The van der Waals surface area contributed by atoms with Gasteiger partial charge in [0.25, 0.3) is 5.69 Å². The van der Waals surface area contributed by atoms with Gasteiger partial charge in [0.2, 0.25) is 5.91 Å². The minimum absolute atomic E-state index is 0.114. The summed E-state index contributed by atoms with van der Waals surface area (Å²) in [6.07, 6.45) is 0. The normalized spacial score (nSPS) is 10.5. The van der Waals surface area contributed by atoms with Crippen molar-refractivity contribution in [3.05, 3.63) is 64.2 Å². The molecule has 0 aliphatic heterocycles. The van der Waals surface area contributed by atoms with Crippen molar-refractivity contribution in [2.75, 3.05) is 16.8 Å². The van der Waals surface area contributed by atoms with Crippen molar-refractivity contribution in [3.63, 3.8) is 0 Å². The number of aryl methyl sites for hydroxylation is 1. The van der Waals surface area contributed by atoms with E-state index in [0.29, 0.717) is 0 Å². The highest BCUT2D eigenvalue weighted by Crippen LogP contribution is 2.23. The Hall–Kier alpha value is -2.89. The summed E-state index contributed by atoms with van der Waals surface area (Å²) in [4.78, 5) is 24.8. The molecule has 0 aliphatic carbocycles. The first-order valence-corrected chi connectivity index (χ1v) is 7.75. The number of nitro benzene ring substituents is 1. The second-order valence-electron chi connectivity index (χ2n) is 5.88. The van der Waals surface area contributed by atoms with Gasteiger partial charge in [-0.3, -0.25) is 14.9 Å². The third-order valence-corrected chi connectivity index (χ3v) is 3.68. The van der Waals surface area contributed by atoms with Crippen LogP contribution in [0.15, 0.2) is 48.5 Å². The van der Waals surface area contributed by atoms with E-state index in [0.717, 1.165) is 11.3 Å². The topological polar surface area (TPSA) is 75.5 Å². The fourth-order valence-electron chi connectivity index (χ4n) is 2.39. The summed E-state index contributed by atoms with van der Waals surface area (Å²) in [7, 11) is 0. The van der Waals surface area contributed by atoms with Gasteiger partial charge in [-0.25, -0.2) is 0 Å². The molecule has 6 nitrogen and oxygen atoms in total. The fraction of sp³-hybridized carbons (Fsp3) is 0.278. The largest absolute Gasteiger partial charge is 0.360 e. The lowest BCUT2D eigenvalue weighted by Gasteiger charge is -2.28. The van der Waals surface area contributed by atoms with Gasteiger partial charge >= 0.3 is 0 Å². The maximum absolute atomic E-state index is 12.4. The van der Waals surface area contributed by atoms with Crippen LogP contribution in [0.25, 0.3) is 0 Å². The number of nitro groups is 1. The summed E-state index contributed by atoms with van der Waals surface area (Å²) >= 11 is 0. The zero-order valence-electron chi connectivity index (χ0n) is 14.0. The Morgan fingerprint density at radius 3 is 2.38 bits per heavy atom. The van der Waals surface area contributed by atoms with E-state index in [2.05, 4.69) is 5.32 Å². The lowest BCUT2D eigenvalue weighted by atomic mass is 10.2. The van der Waals surface area contributed by atoms with Gasteiger partial charge in [-0.2, -0.15) is 0 Å². The first kappa shape index (κ1) is 17.5. The molecule has 0 saturated heterocycles. The molecule has 2 aromatic carbocycles. The summed E-state index contributed by atoms with van der Waals surface area (Å²) in [5.41, 5.74) is 2.18. The van der Waals surface area contributed by atoms with Crippen molar-refractivity contribution in [2.24, 2.45) is 0 Å². The predicted octanol–water partition coefficient (Wildman–Crippen LogP) is 3.76. The van der Waals surface area contributed by atoms with Crippen LogP contribution in [0.1, 0.15) is 19.4 Å². The van der Waals surface area contributed by atoms with E-state index in [1.54, 1.807) is 12.1 Å². The maximum Gasteiger partial charge on any atom is 0.292 e. The number of carbonyl (C=O) groups is 1. The van der Waals surface area contributed by atoms with Crippen molar-refractivity contribution in [3.8, 4) is 0 Å². The number of hydrogen-bond donors (Lipinski definition) is 1. The van der Waals surface area contributed by atoms with Crippen LogP contribution < -0.4 is 10.2 Å². The van der Waals surface area contributed by atoms with E-state index in [1.807, 2.05) is 49.9 Å². The molecule has 0 unspecified atom stereocenters.